The van der Waals surface area contributed by atoms with E-state index in [1.54, 1.807) is 11.8 Å². The van der Waals surface area contributed by atoms with Crippen molar-refractivity contribution in [2.45, 2.75) is 51.7 Å². The fourth-order valence-electron chi connectivity index (χ4n) is 3.74. The molecule has 1 aliphatic heterocycles. The maximum atomic E-state index is 12.7. The number of allylic oxidation sites excluding steroid dienone is 1. The van der Waals surface area contributed by atoms with E-state index < -0.39 is 11.7 Å². The van der Waals surface area contributed by atoms with Crippen LogP contribution in [0.25, 0.3) is 5.57 Å². The number of benzene rings is 1. The SMILES string of the molecule is C/C(=C/C(=O)N1CCC(c2n[nH]c(=S)n2C(C)C)CC1)c1ccc(C(F)(F)F)cc1. The van der Waals surface area contributed by atoms with Crippen molar-refractivity contribution in [3.8, 4) is 0 Å². The largest absolute Gasteiger partial charge is 0.416 e. The summed E-state index contributed by atoms with van der Waals surface area (Å²) in [6.07, 6.45) is -1.31. The lowest BCUT2D eigenvalue weighted by Crippen LogP contribution is -2.37. The summed E-state index contributed by atoms with van der Waals surface area (Å²) >= 11 is 5.32. The van der Waals surface area contributed by atoms with E-state index in [-0.39, 0.29) is 17.9 Å². The van der Waals surface area contributed by atoms with Crippen LogP contribution >= 0.6 is 12.2 Å². The van der Waals surface area contributed by atoms with Crippen LogP contribution in [-0.4, -0.2) is 38.7 Å². The highest BCUT2D eigenvalue weighted by Crippen LogP contribution is 2.31. The van der Waals surface area contributed by atoms with Gasteiger partial charge in [-0.1, -0.05) is 12.1 Å². The Bertz CT molecular complexity index is 981. The zero-order chi connectivity index (χ0) is 22.1. The van der Waals surface area contributed by atoms with Gasteiger partial charge in [-0.3, -0.25) is 9.89 Å². The molecule has 0 bridgehead atoms. The van der Waals surface area contributed by atoms with Crippen LogP contribution in [0, 0.1) is 4.77 Å². The van der Waals surface area contributed by atoms with Crippen LogP contribution < -0.4 is 0 Å². The number of carbonyl (C=O) groups is 1. The van der Waals surface area contributed by atoms with Gasteiger partial charge in [-0.25, -0.2) is 0 Å². The first-order chi connectivity index (χ1) is 14.1. The van der Waals surface area contributed by atoms with Crippen molar-refractivity contribution >= 4 is 23.7 Å². The number of nitrogens with zero attached hydrogens (tertiary/aromatic N) is 3. The van der Waals surface area contributed by atoms with E-state index >= 15 is 0 Å². The van der Waals surface area contributed by atoms with Gasteiger partial charge in [-0.2, -0.15) is 18.3 Å². The molecule has 0 unspecified atom stereocenters. The summed E-state index contributed by atoms with van der Waals surface area (Å²) in [5.41, 5.74) is 0.530. The maximum Gasteiger partial charge on any atom is 0.416 e. The molecule has 1 aromatic heterocycles. The van der Waals surface area contributed by atoms with Gasteiger partial charge in [0.2, 0.25) is 5.91 Å². The maximum absolute atomic E-state index is 12.7. The predicted molar refractivity (Wildman–Crippen MR) is 111 cm³/mol. The van der Waals surface area contributed by atoms with Gasteiger partial charge in [-0.05, 0) is 69.1 Å². The molecule has 0 saturated carbocycles. The third kappa shape index (κ3) is 4.83. The Kier molecular flexibility index (Phi) is 6.50. The van der Waals surface area contributed by atoms with Crippen LogP contribution in [0.4, 0.5) is 13.2 Å². The van der Waals surface area contributed by atoms with Crippen molar-refractivity contribution in [2.24, 2.45) is 0 Å². The summed E-state index contributed by atoms with van der Waals surface area (Å²) in [4.78, 5) is 14.4. The standard InChI is InChI=1S/C21H25F3N4OS/c1-13(2)28-19(25-26-20(28)30)16-8-10-27(11-9-16)18(29)12-14(3)15-4-6-17(7-5-15)21(22,23)24/h4-7,12-13,16H,8-11H2,1-3H3,(H,26,30)/b14-12-. The summed E-state index contributed by atoms with van der Waals surface area (Å²) in [5, 5.41) is 7.26. The molecule has 2 aromatic rings. The average Bonchev–Trinajstić information content (AvgIpc) is 3.09. The van der Waals surface area contributed by atoms with Gasteiger partial charge in [0.15, 0.2) is 4.77 Å². The quantitative estimate of drug-likeness (QED) is 0.517. The number of alkyl halides is 3. The summed E-state index contributed by atoms with van der Waals surface area (Å²) < 4.78 is 40.8. The van der Waals surface area contributed by atoms with E-state index in [1.165, 1.54) is 18.2 Å². The van der Waals surface area contributed by atoms with Gasteiger partial charge >= 0.3 is 6.18 Å². The Morgan fingerprint density at radius 1 is 1.23 bits per heavy atom. The van der Waals surface area contributed by atoms with Gasteiger partial charge in [0.05, 0.1) is 5.56 Å². The van der Waals surface area contributed by atoms with E-state index in [1.807, 2.05) is 4.57 Å². The van der Waals surface area contributed by atoms with Crippen molar-refractivity contribution in [2.75, 3.05) is 13.1 Å². The number of aromatic nitrogens is 3. The smallest absolute Gasteiger partial charge is 0.339 e. The highest BCUT2D eigenvalue weighted by molar-refractivity contribution is 7.71. The number of likely N-dealkylation sites (tertiary alicyclic amines) is 1. The Hall–Kier alpha value is -2.42. The molecule has 1 aromatic carbocycles. The van der Waals surface area contributed by atoms with E-state index in [0.29, 0.717) is 29.0 Å². The minimum absolute atomic E-state index is 0.131. The fourth-order valence-corrected chi connectivity index (χ4v) is 4.09. The van der Waals surface area contributed by atoms with Gasteiger partial charge in [-0.15, -0.1) is 0 Å². The minimum Gasteiger partial charge on any atom is -0.339 e. The van der Waals surface area contributed by atoms with E-state index in [9.17, 15) is 18.0 Å². The normalized spacial score (nSPS) is 16.4. The van der Waals surface area contributed by atoms with Crippen molar-refractivity contribution < 1.29 is 18.0 Å². The first kappa shape index (κ1) is 22.3. The average molecular weight is 439 g/mol. The van der Waals surface area contributed by atoms with Gasteiger partial charge in [0, 0.05) is 31.1 Å². The summed E-state index contributed by atoms with van der Waals surface area (Å²) in [5.74, 6) is 1.02. The third-order valence-corrected chi connectivity index (χ3v) is 5.72. The van der Waals surface area contributed by atoms with Gasteiger partial charge < -0.3 is 9.47 Å². The molecule has 2 heterocycles. The molecular formula is C21H25F3N4OS. The number of halogens is 3. The number of nitrogens with one attached hydrogen (secondary N) is 1. The first-order valence-corrected chi connectivity index (χ1v) is 10.3. The van der Waals surface area contributed by atoms with Crippen molar-refractivity contribution in [1.82, 2.24) is 19.7 Å². The molecule has 1 aliphatic rings. The molecule has 0 radical (unpaired) electrons. The van der Waals surface area contributed by atoms with Gasteiger partial charge in [0.1, 0.15) is 5.82 Å². The Morgan fingerprint density at radius 3 is 2.37 bits per heavy atom. The Balaban J connectivity index is 1.64. The van der Waals surface area contributed by atoms with E-state index in [0.717, 1.165) is 30.8 Å². The molecule has 1 N–H and O–H groups in total. The molecule has 1 amide bonds. The number of H-pyrrole nitrogens is 1. The molecule has 1 saturated heterocycles. The Morgan fingerprint density at radius 2 is 1.83 bits per heavy atom. The number of hydrogen-bond donors (Lipinski definition) is 1. The highest BCUT2D eigenvalue weighted by atomic mass is 32.1. The zero-order valence-electron chi connectivity index (χ0n) is 17.2. The van der Waals surface area contributed by atoms with Crippen LogP contribution in [0.1, 0.15) is 62.5 Å². The molecule has 30 heavy (non-hydrogen) atoms. The second kappa shape index (κ2) is 8.75. The zero-order valence-corrected chi connectivity index (χ0v) is 18.0. The number of carbonyl (C=O) groups excluding carboxylic acids is 1. The number of rotatable bonds is 4. The molecule has 0 atom stereocenters. The Labute approximate surface area is 178 Å². The second-order valence-corrected chi connectivity index (χ2v) is 8.24. The molecule has 9 heteroatoms. The molecular weight excluding hydrogens is 413 g/mol. The van der Waals surface area contributed by atoms with Crippen molar-refractivity contribution in [3.63, 3.8) is 0 Å². The van der Waals surface area contributed by atoms with Crippen LogP contribution in [0.2, 0.25) is 0 Å². The van der Waals surface area contributed by atoms with Crippen molar-refractivity contribution in [1.29, 1.82) is 0 Å². The van der Waals surface area contributed by atoms with Crippen LogP contribution in [0.5, 0.6) is 0 Å². The minimum atomic E-state index is -4.37. The molecule has 162 valence electrons. The van der Waals surface area contributed by atoms with E-state index in [4.69, 9.17) is 12.2 Å². The highest BCUT2D eigenvalue weighted by Gasteiger charge is 2.30. The number of amides is 1. The summed E-state index contributed by atoms with van der Waals surface area (Å²) in [6, 6.07) is 5.06. The van der Waals surface area contributed by atoms with Crippen molar-refractivity contribution in [3.05, 3.63) is 52.1 Å². The number of hydrogen-bond acceptors (Lipinski definition) is 3. The molecule has 1 fully saturated rings. The number of aromatic amines is 1. The summed E-state index contributed by atoms with van der Waals surface area (Å²) in [6.45, 7) is 7.04. The van der Waals surface area contributed by atoms with Crippen LogP contribution in [-0.2, 0) is 11.0 Å². The lowest BCUT2D eigenvalue weighted by Gasteiger charge is -2.31. The van der Waals surface area contributed by atoms with Gasteiger partial charge in [0.25, 0.3) is 0 Å². The van der Waals surface area contributed by atoms with Crippen LogP contribution in [0.3, 0.4) is 0 Å². The fraction of sp³-hybridized carbons (Fsp3) is 0.476. The molecule has 3 rings (SSSR count). The third-order valence-electron chi connectivity index (χ3n) is 5.43. The monoisotopic (exact) mass is 438 g/mol. The summed E-state index contributed by atoms with van der Waals surface area (Å²) in [7, 11) is 0. The lowest BCUT2D eigenvalue weighted by molar-refractivity contribution is -0.137. The second-order valence-electron chi connectivity index (χ2n) is 7.85. The topological polar surface area (TPSA) is 53.9 Å². The van der Waals surface area contributed by atoms with Crippen LogP contribution in [0.15, 0.2) is 30.3 Å². The lowest BCUT2D eigenvalue weighted by atomic mass is 9.95. The van der Waals surface area contributed by atoms with E-state index in [2.05, 4.69) is 24.0 Å². The molecule has 5 nitrogen and oxygen atoms in total. The number of piperidine rings is 1. The molecule has 0 spiro atoms. The first-order valence-electron chi connectivity index (χ1n) is 9.89. The molecule has 0 aliphatic carbocycles. The predicted octanol–water partition coefficient (Wildman–Crippen LogP) is 5.35.